The van der Waals surface area contributed by atoms with Crippen molar-refractivity contribution in [2.75, 3.05) is 11.9 Å². The Kier molecular flexibility index (Phi) is 4.45. The van der Waals surface area contributed by atoms with Crippen LogP contribution in [0.3, 0.4) is 0 Å². The lowest BCUT2D eigenvalue weighted by atomic mass is 10.1. The van der Waals surface area contributed by atoms with E-state index in [2.05, 4.69) is 5.32 Å². The number of aromatic hydroxyl groups is 1. The van der Waals surface area contributed by atoms with Gasteiger partial charge < -0.3 is 15.2 Å². The number of nitrogens with one attached hydrogen (secondary N) is 1. The molecule has 2 aromatic carbocycles. The molecule has 4 heteroatoms. The minimum absolute atomic E-state index is 0.133. The second kappa shape index (κ2) is 6.28. The highest BCUT2D eigenvalue weighted by atomic mass is 19.1. The van der Waals surface area contributed by atoms with E-state index >= 15 is 0 Å². The fraction of sp³-hybridized carbons (Fsp3) is 0.250. The van der Waals surface area contributed by atoms with Crippen molar-refractivity contribution in [2.45, 2.75) is 20.4 Å². The normalized spacial score (nSPS) is 10.3. The molecule has 2 rings (SSSR count). The molecule has 0 aliphatic rings. The van der Waals surface area contributed by atoms with Gasteiger partial charge in [0.15, 0.2) is 11.5 Å². The number of phenols is 1. The van der Waals surface area contributed by atoms with Gasteiger partial charge in [-0.3, -0.25) is 0 Å². The molecule has 2 N–H and O–H groups in total. The highest BCUT2D eigenvalue weighted by molar-refractivity contribution is 5.48. The van der Waals surface area contributed by atoms with E-state index < -0.39 is 0 Å². The molecule has 0 aliphatic heterocycles. The van der Waals surface area contributed by atoms with Gasteiger partial charge in [0.25, 0.3) is 0 Å². The van der Waals surface area contributed by atoms with Crippen LogP contribution in [-0.2, 0) is 6.54 Å². The topological polar surface area (TPSA) is 41.5 Å². The van der Waals surface area contributed by atoms with E-state index in [9.17, 15) is 9.50 Å². The second-order valence-corrected chi connectivity index (χ2v) is 4.55. The standard InChI is InChI=1S/C16H18FNO2/c1-3-20-16-9-12(4-7-15(16)19)10-18-13-5-6-14(17)11(2)8-13/h4-9,18-19H,3,10H2,1-2H3. The summed E-state index contributed by atoms with van der Waals surface area (Å²) in [6.07, 6.45) is 0. The molecule has 0 aliphatic carbocycles. The third-order valence-electron chi connectivity index (χ3n) is 2.98. The first kappa shape index (κ1) is 14.2. The van der Waals surface area contributed by atoms with Gasteiger partial charge in [-0.05, 0) is 55.3 Å². The van der Waals surface area contributed by atoms with Crippen molar-refractivity contribution in [2.24, 2.45) is 0 Å². The van der Waals surface area contributed by atoms with Crippen LogP contribution >= 0.6 is 0 Å². The molecule has 0 saturated carbocycles. The van der Waals surface area contributed by atoms with Crippen molar-refractivity contribution in [1.82, 2.24) is 0 Å². The number of benzene rings is 2. The van der Waals surface area contributed by atoms with Crippen LogP contribution in [-0.4, -0.2) is 11.7 Å². The SMILES string of the molecule is CCOc1cc(CNc2ccc(F)c(C)c2)ccc1O. The van der Waals surface area contributed by atoms with Crippen LogP contribution in [0.2, 0.25) is 0 Å². The minimum atomic E-state index is -0.209. The summed E-state index contributed by atoms with van der Waals surface area (Å²) in [6.45, 7) is 4.67. The van der Waals surface area contributed by atoms with E-state index in [1.807, 2.05) is 13.0 Å². The van der Waals surface area contributed by atoms with E-state index in [1.54, 1.807) is 31.2 Å². The Morgan fingerprint density at radius 1 is 1.20 bits per heavy atom. The first-order chi connectivity index (χ1) is 9.60. The Hall–Kier alpha value is -2.23. The molecule has 0 spiro atoms. The third-order valence-corrected chi connectivity index (χ3v) is 2.98. The summed E-state index contributed by atoms with van der Waals surface area (Å²) in [5, 5.41) is 12.8. The Morgan fingerprint density at radius 2 is 2.00 bits per heavy atom. The Balaban J connectivity index is 2.06. The van der Waals surface area contributed by atoms with E-state index in [-0.39, 0.29) is 11.6 Å². The van der Waals surface area contributed by atoms with Gasteiger partial charge in [-0.1, -0.05) is 6.07 Å². The van der Waals surface area contributed by atoms with E-state index in [0.717, 1.165) is 11.3 Å². The predicted octanol–water partition coefficient (Wildman–Crippen LogP) is 3.85. The van der Waals surface area contributed by atoms with Crippen LogP contribution in [0.1, 0.15) is 18.1 Å². The van der Waals surface area contributed by atoms with Crippen LogP contribution in [0.15, 0.2) is 36.4 Å². The van der Waals surface area contributed by atoms with Gasteiger partial charge in [-0.2, -0.15) is 0 Å². The minimum Gasteiger partial charge on any atom is -0.504 e. The number of phenolic OH excluding ortho intramolecular Hbond substituents is 1. The molecule has 20 heavy (non-hydrogen) atoms. The molecule has 3 nitrogen and oxygen atoms in total. The molecule has 0 amide bonds. The summed E-state index contributed by atoms with van der Waals surface area (Å²) in [5.41, 5.74) is 2.44. The molecule has 106 valence electrons. The molecule has 2 aromatic rings. The number of hydrogen-bond donors (Lipinski definition) is 2. The zero-order valence-corrected chi connectivity index (χ0v) is 11.6. The van der Waals surface area contributed by atoms with E-state index in [1.165, 1.54) is 6.07 Å². The van der Waals surface area contributed by atoms with Crippen LogP contribution in [0, 0.1) is 12.7 Å². The highest BCUT2D eigenvalue weighted by Gasteiger charge is 2.04. The Bertz CT molecular complexity index is 599. The predicted molar refractivity (Wildman–Crippen MR) is 77.7 cm³/mol. The smallest absolute Gasteiger partial charge is 0.161 e. The van der Waals surface area contributed by atoms with Gasteiger partial charge in [0.2, 0.25) is 0 Å². The van der Waals surface area contributed by atoms with Crippen molar-refractivity contribution in [1.29, 1.82) is 0 Å². The average Bonchev–Trinajstić information content (AvgIpc) is 2.43. The summed E-state index contributed by atoms with van der Waals surface area (Å²) < 4.78 is 18.5. The Morgan fingerprint density at radius 3 is 2.70 bits per heavy atom. The maximum atomic E-state index is 13.2. The van der Waals surface area contributed by atoms with Gasteiger partial charge in [-0.15, -0.1) is 0 Å². The lowest BCUT2D eigenvalue weighted by molar-refractivity contribution is 0.318. The number of aryl methyl sites for hydroxylation is 1. The molecule has 0 atom stereocenters. The molecule has 0 heterocycles. The molecular formula is C16H18FNO2. The number of halogens is 1. The largest absolute Gasteiger partial charge is 0.504 e. The van der Waals surface area contributed by atoms with Crippen molar-refractivity contribution in [3.63, 3.8) is 0 Å². The lowest BCUT2D eigenvalue weighted by Gasteiger charge is -2.10. The van der Waals surface area contributed by atoms with Crippen molar-refractivity contribution in [3.05, 3.63) is 53.3 Å². The van der Waals surface area contributed by atoms with Crippen molar-refractivity contribution in [3.8, 4) is 11.5 Å². The van der Waals surface area contributed by atoms with Gasteiger partial charge in [0.05, 0.1) is 6.61 Å². The van der Waals surface area contributed by atoms with Gasteiger partial charge in [0, 0.05) is 12.2 Å². The maximum absolute atomic E-state index is 13.2. The molecule has 0 unspecified atom stereocenters. The third kappa shape index (κ3) is 3.41. The summed E-state index contributed by atoms with van der Waals surface area (Å²) in [5.74, 6) is 0.397. The zero-order valence-electron chi connectivity index (χ0n) is 11.6. The van der Waals surface area contributed by atoms with Crippen LogP contribution in [0.4, 0.5) is 10.1 Å². The summed E-state index contributed by atoms with van der Waals surface area (Å²) in [4.78, 5) is 0. The monoisotopic (exact) mass is 275 g/mol. The highest BCUT2D eigenvalue weighted by Crippen LogP contribution is 2.27. The van der Waals surface area contributed by atoms with Gasteiger partial charge in [0.1, 0.15) is 5.82 Å². The van der Waals surface area contributed by atoms with Crippen LogP contribution in [0.25, 0.3) is 0 Å². The first-order valence-electron chi connectivity index (χ1n) is 6.55. The Labute approximate surface area is 118 Å². The molecule has 0 saturated heterocycles. The van der Waals surface area contributed by atoms with Crippen LogP contribution in [0.5, 0.6) is 11.5 Å². The summed E-state index contributed by atoms with van der Waals surface area (Å²) in [7, 11) is 0. The molecular weight excluding hydrogens is 257 g/mol. The van der Waals surface area contributed by atoms with Crippen molar-refractivity contribution >= 4 is 5.69 Å². The molecule has 0 fully saturated rings. The summed E-state index contributed by atoms with van der Waals surface area (Å²) in [6, 6.07) is 10.1. The van der Waals surface area contributed by atoms with Gasteiger partial charge in [-0.25, -0.2) is 4.39 Å². The number of rotatable bonds is 5. The number of hydrogen-bond acceptors (Lipinski definition) is 3. The van der Waals surface area contributed by atoms with E-state index in [4.69, 9.17) is 4.74 Å². The average molecular weight is 275 g/mol. The van der Waals surface area contributed by atoms with E-state index in [0.29, 0.717) is 24.5 Å². The van der Waals surface area contributed by atoms with Crippen molar-refractivity contribution < 1.29 is 14.2 Å². The fourth-order valence-electron chi connectivity index (χ4n) is 1.90. The first-order valence-corrected chi connectivity index (χ1v) is 6.55. The number of ether oxygens (including phenoxy) is 1. The fourth-order valence-corrected chi connectivity index (χ4v) is 1.90. The molecule has 0 bridgehead atoms. The molecule has 0 aromatic heterocycles. The summed E-state index contributed by atoms with van der Waals surface area (Å²) >= 11 is 0. The second-order valence-electron chi connectivity index (χ2n) is 4.55. The van der Waals surface area contributed by atoms with Crippen LogP contribution < -0.4 is 10.1 Å². The lowest BCUT2D eigenvalue weighted by Crippen LogP contribution is -2.01. The van der Waals surface area contributed by atoms with Gasteiger partial charge >= 0.3 is 0 Å². The molecule has 0 radical (unpaired) electrons. The maximum Gasteiger partial charge on any atom is 0.161 e. The zero-order chi connectivity index (χ0) is 14.5. The number of anilines is 1. The quantitative estimate of drug-likeness (QED) is 0.871.